The molecular formula is C17H20N2O4. The lowest BCUT2D eigenvalue weighted by atomic mass is 9.96. The maximum Gasteiger partial charge on any atom is 0.247 e. The molecular weight excluding hydrogens is 296 g/mol. The number of Topliss-reactive ketones (excluding diaryl/α,β-unsaturated/α-hetero) is 1. The molecule has 1 atom stereocenters. The van der Waals surface area contributed by atoms with Gasteiger partial charge < -0.3 is 14.4 Å². The summed E-state index contributed by atoms with van der Waals surface area (Å²) >= 11 is 0. The first-order valence-electron chi connectivity index (χ1n) is 7.57. The lowest BCUT2D eigenvalue weighted by Gasteiger charge is -2.28. The van der Waals surface area contributed by atoms with Crippen molar-refractivity contribution in [3.05, 3.63) is 23.8 Å². The highest BCUT2D eigenvalue weighted by Crippen LogP contribution is 2.28. The summed E-state index contributed by atoms with van der Waals surface area (Å²) in [7, 11) is 2.96. The van der Waals surface area contributed by atoms with Crippen molar-refractivity contribution < 1.29 is 19.1 Å². The zero-order chi connectivity index (χ0) is 16.8. The zero-order valence-corrected chi connectivity index (χ0v) is 13.4. The van der Waals surface area contributed by atoms with E-state index in [9.17, 15) is 14.9 Å². The van der Waals surface area contributed by atoms with E-state index in [-0.39, 0.29) is 5.56 Å². The van der Waals surface area contributed by atoms with E-state index in [0.29, 0.717) is 24.6 Å². The Labute approximate surface area is 135 Å². The van der Waals surface area contributed by atoms with Crippen molar-refractivity contribution in [2.24, 2.45) is 5.92 Å². The molecule has 6 heteroatoms. The minimum atomic E-state index is -1.31. The Balaban J connectivity index is 2.22. The Morgan fingerprint density at radius 2 is 1.78 bits per heavy atom. The monoisotopic (exact) mass is 316 g/mol. The van der Waals surface area contributed by atoms with Gasteiger partial charge in [0.2, 0.25) is 5.91 Å². The molecule has 0 radical (unpaired) electrons. The Bertz CT molecular complexity index is 630. The van der Waals surface area contributed by atoms with Gasteiger partial charge in [-0.1, -0.05) is 0 Å². The van der Waals surface area contributed by atoms with Crippen LogP contribution in [0.25, 0.3) is 0 Å². The summed E-state index contributed by atoms with van der Waals surface area (Å²) in [5, 5.41) is 9.31. The fraction of sp³-hybridized carbons (Fsp3) is 0.471. The lowest BCUT2D eigenvalue weighted by Crippen LogP contribution is -2.41. The van der Waals surface area contributed by atoms with Crippen molar-refractivity contribution in [1.82, 2.24) is 4.90 Å². The van der Waals surface area contributed by atoms with Gasteiger partial charge in [-0.15, -0.1) is 0 Å². The number of ether oxygens (including phenoxy) is 2. The second kappa shape index (κ2) is 7.63. The largest absolute Gasteiger partial charge is 0.493 e. The molecule has 122 valence electrons. The number of nitriles is 1. The second-order valence-corrected chi connectivity index (χ2v) is 5.38. The van der Waals surface area contributed by atoms with Gasteiger partial charge >= 0.3 is 0 Å². The number of benzene rings is 1. The van der Waals surface area contributed by atoms with Gasteiger partial charge in [-0.05, 0) is 37.5 Å². The molecule has 23 heavy (non-hydrogen) atoms. The average Bonchev–Trinajstić information content (AvgIpc) is 2.62. The molecule has 0 saturated carbocycles. The minimum absolute atomic E-state index is 0.263. The van der Waals surface area contributed by atoms with Gasteiger partial charge in [-0.2, -0.15) is 5.26 Å². The standard InChI is InChI=1S/C17H20N2O4/c1-22-14-7-6-12(10-15(14)23-2)16(20)13(11-18)17(21)19-8-4-3-5-9-19/h6-7,10,13H,3-5,8-9H2,1-2H3/t13-/m1/s1. The average molecular weight is 316 g/mol. The fourth-order valence-corrected chi connectivity index (χ4v) is 2.68. The van der Waals surface area contributed by atoms with Crippen molar-refractivity contribution in [3.8, 4) is 17.6 Å². The van der Waals surface area contributed by atoms with Gasteiger partial charge in [0, 0.05) is 18.7 Å². The van der Waals surface area contributed by atoms with Crippen LogP contribution >= 0.6 is 0 Å². The van der Waals surface area contributed by atoms with Gasteiger partial charge in [0.1, 0.15) is 0 Å². The zero-order valence-electron chi connectivity index (χ0n) is 13.4. The highest BCUT2D eigenvalue weighted by atomic mass is 16.5. The van der Waals surface area contributed by atoms with Gasteiger partial charge in [-0.3, -0.25) is 9.59 Å². The molecule has 2 rings (SSSR count). The Morgan fingerprint density at radius 1 is 1.13 bits per heavy atom. The van der Waals surface area contributed by atoms with E-state index in [4.69, 9.17) is 9.47 Å². The topological polar surface area (TPSA) is 79.6 Å². The maximum absolute atomic E-state index is 12.6. The van der Waals surface area contributed by atoms with Gasteiger partial charge in [0.05, 0.1) is 20.3 Å². The van der Waals surface area contributed by atoms with E-state index < -0.39 is 17.6 Å². The summed E-state index contributed by atoms with van der Waals surface area (Å²) in [4.78, 5) is 26.6. The number of likely N-dealkylation sites (tertiary alicyclic amines) is 1. The number of methoxy groups -OCH3 is 2. The molecule has 0 aromatic heterocycles. The second-order valence-electron chi connectivity index (χ2n) is 5.38. The number of hydrogen-bond acceptors (Lipinski definition) is 5. The van der Waals surface area contributed by atoms with Crippen LogP contribution < -0.4 is 9.47 Å². The Kier molecular flexibility index (Phi) is 5.58. The third-order valence-corrected chi connectivity index (χ3v) is 3.97. The highest BCUT2D eigenvalue weighted by molar-refractivity contribution is 6.12. The van der Waals surface area contributed by atoms with Crippen molar-refractivity contribution in [3.63, 3.8) is 0 Å². The molecule has 1 saturated heterocycles. The SMILES string of the molecule is COc1ccc(C(=O)[C@@H](C#N)C(=O)N2CCCCC2)cc1OC. The summed E-state index contributed by atoms with van der Waals surface area (Å²) in [6, 6.07) is 6.47. The van der Waals surface area contributed by atoms with Crippen LogP contribution in [0.5, 0.6) is 11.5 Å². The van der Waals surface area contributed by atoms with E-state index >= 15 is 0 Å². The number of nitrogens with zero attached hydrogens (tertiary/aromatic N) is 2. The van der Waals surface area contributed by atoms with Crippen molar-refractivity contribution in [2.75, 3.05) is 27.3 Å². The smallest absolute Gasteiger partial charge is 0.247 e. The predicted octanol–water partition coefficient (Wildman–Crippen LogP) is 2.04. The summed E-state index contributed by atoms with van der Waals surface area (Å²) in [6.45, 7) is 1.21. The Hall–Kier alpha value is -2.55. The molecule has 0 N–H and O–H groups in total. The molecule has 0 aliphatic carbocycles. The third-order valence-electron chi connectivity index (χ3n) is 3.97. The molecule has 0 unspecified atom stereocenters. The highest BCUT2D eigenvalue weighted by Gasteiger charge is 2.32. The third kappa shape index (κ3) is 3.62. The van der Waals surface area contributed by atoms with Crippen LogP contribution in [-0.4, -0.2) is 43.9 Å². The molecule has 1 heterocycles. The van der Waals surface area contributed by atoms with Crippen LogP contribution in [0.1, 0.15) is 29.6 Å². The molecule has 1 aromatic rings. The maximum atomic E-state index is 12.6. The number of carbonyl (C=O) groups excluding carboxylic acids is 2. The first kappa shape index (κ1) is 16.8. The van der Waals surface area contributed by atoms with E-state index in [0.717, 1.165) is 19.3 Å². The van der Waals surface area contributed by atoms with Crippen LogP contribution in [0.2, 0.25) is 0 Å². The van der Waals surface area contributed by atoms with Gasteiger partial charge in [0.25, 0.3) is 0 Å². The van der Waals surface area contributed by atoms with Crippen molar-refractivity contribution in [2.45, 2.75) is 19.3 Å². The molecule has 1 aliphatic heterocycles. The number of amides is 1. The number of rotatable bonds is 5. The Morgan fingerprint density at radius 3 is 2.35 bits per heavy atom. The molecule has 1 amide bonds. The molecule has 1 aromatic carbocycles. The van der Waals surface area contributed by atoms with Crippen LogP contribution in [0.15, 0.2) is 18.2 Å². The number of piperidine rings is 1. The van der Waals surface area contributed by atoms with E-state index in [2.05, 4.69) is 0 Å². The first-order chi connectivity index (χ1) is 11.1. The minimum Gasteiger partial charge on any atom is -0.493 e. The molecule has 1 fully saturated rings. The van der Waals surface area contributed by atoms with Crippen LogP contribution in [0, 0.1) is 17.2 Å². The van der Waals surface area contributed by atoms with Crippen LogP contribution in [0.4, 0.5) is 0 Å². The van der Waals surface area contributed by atoms with Crippen molar-refractivity contribution >= 4 is 11.7 Å². The quantitative estimate of drug-likeness (QED) is 0.613. The lowest BCUT2D eigenvalue weighted by molar-refractivity contribution is -0.133. The van der Waals surface area contributed by atoms with E-state index in [1.807, 2.05) is 6.07 Å². The summed E-state index contributed by atoms with van der Waals surface area (Å²) < 4.78 is 10.3. The number of hydrogen-bond donors (Lipinski definition) is 0. The number of carbonyl (C=O) groups is 2. The molecule has 1 aliphatic rings. The fourth-order valence-electron chi connectivity index (χ4n) is 2.68. The van der Waals surface area contributed by atoms with Crippen LogP contribution in [-0.2, 0) is 4.79 Å². The molecule has 0 spiro atoms. The summed E-state index contributed by atoms with van der Waals surface area (Å²) in [5.41, 5.74) is 0.263. The molecule has 6 nitrogen and oxygen atoms in total. The van der Waals surface area contributed by atoms with Crippen LogP contribution in [0.3, 0.4) is 0 Å². The van der Waals surface area contributed by atoms with Crippen molar-refractivity contribution in [1.29, 1.82) is 5.26 Å². The van der Waals surface area contributed by atoms with Gasteiger partial charge in [0.15, 0.2) is 23.2 Å². The molecule has 0 bridgehead atoms. The van der Waals surface area contributed by atoms with Gasteiger partial charge in [-0.25, -0.2) is 0 Å². The normalized spacial score (nSPS) is 15.4. The van der Waals surface area contributed by atoms with E-state index in [1.165, 1.54) is 26.4 Å². The number of ketones is 1. The predicted molar refractivity (Wildman–Crippen MR) is 83.4 cm³/mol. The summed E-state index contributed by atoms with van der Waals surface area (Å²) in [5.74, 6) is -1.36. The first-order valence-corrected chi connectivity index (χ1v) is 7.57. The summed E-state index contributed by atoms with van der Waals surface area (Å²) in [6.07, 6.45) is 2.90. The van der Waals surface area contributed by atoms with E-state index in [1.54, 1.807) is 11.0 Å².